The molecule has 24 heteroatoms. The highest BCUT2D eigenvalue weighted by molar-refractivity contribution is 6.66. The highest BCUT2D eigenvalue weighted by Gasteiger charge is 2.53. The predicted octanol–water partition coefficient (Wildman–Crippen LogP) is 12.1. The zero-order valence-electron chi connectivity index (χ0n) is 54.6. The van der Waals surface area contributed by atoms with Gasteiger partial charge in [-0.25, -0.2) is 0 Å². The molecule has 0 N–H and O–H groups in total. The Hall–Kier alpha value is -6.58. The van der Waals surface area contributed by atoms with Gasteiger partial charge in [-0.2, -0.15) is 0 Å². The van der Waals surface area contributed by atoms with E-state index in [1.807, 2.05) is 6.07 Å². The van der Waals surface area contributed by atoms with E-state index in [1.165, 1.54) is 90.1 Å². The lowest BCUT2D eigenvalue weighted by atomic mass is 9.82. The highest BCUT2D eigenvalue weighted by atomic mass is 28.4. The van der Waals surface area contributed by atoms with Crippen molar-refractivity contribution in [3.05, 3.63) is 107 Å². The molecule has 498 valence electrons. The minimum Gasteiger partial charge on any atom is -0.455 e. The molecule has 21 nitrogen and oxygen atoms in total. The van der Waals surface area contributed by atoms with E-state index in [4.69, 9.17) is 54.0 Å². The van der Waals surface area contributed by atoms with Gasteiger partial charge in [-0.3, -0.25) is 43.2 Å². The second kappa shape index (κ2) is 39.0. The van der Waals surface area contributed by atoms with Gasteiger partial charge in [0.2, 0.25) is 0 Å². The summed E-state index contributed by atoms with van der Waals surface area (Å²) in [5.74, 6) is -4.16. The molecule has 0 saturated heterocycles. The Kier molecular flexibility index (Phi) is 32.8. The van der Waals surface area contributed by atoms with E-state index < -0.39 is 80.1 Å². The largest absolute Gasteiger partial charge is 0.705 e. The summed E-state index contributed by atoms with van der Waals surface area (Å²) in [4.78, 5) is 103. The molecule has 3 aromatic carbocycles. The SMILES string of the molecule is CC(=O)O[Si](CCCO[C@H]1CC[C@H](c2ccc(C)cc2)CC1)(OC(C)=O)OC(C)=O.CC(=O)O[Si](CCCO[C@H]1CC[C@H](c2ccccc2)CC1)(OC(C)=O)OC(C)=O.CCc1ccc([C@H]2CC[C@H](OCCC[Si](OC(C)=O)(OC(C)=O)OC(C)=O)CC2)cc1. The van der Waals surface area contributed by atoms with Crippen molar-refractivity contribution in [2.24, 2.45) is 0 Å². The molecule has 0 amide bonds. The smallest absolute Gasteiger partial charge is 0.455 e. The first-order chi connectivity index (χ1) is 42.7. The van der Waals surface area contributed by atoms with E-state index in [-0.39, 0.29) is 36.4 Å². The molecule has 3 fully saturated rings. The standard InChI is InChI=1S/C23H34O7Si.C22H32O7Si.C21H30O7Si/c1-5-20-7-9-21(10-8-20)22-11-13-23(14-12-22)27-15-6-16-31(28-17(2)24,29-18(3)25)30-19(4)26;1-16-6-8-20(9-7-16)21-10-12-22(13-11-21)26-14-5-15-30(27-17(2)23,28-18(3)24)29-19(4)25;1-16(22)26-29(27-17(2)23,28-18(3)24)15-7-14-25-21-12-10-20(11-13-21)19-8-5-4-6-9-19/h7-10,22-23H,5-6,11-16H2,1-4H3;6-9,21-22H,5,10-15H2,1-4H3;4-6,8-9,20-21H,7,10-15H2,1-3H3/t22-,23-;21-,22-;20-,21-. The van der Waals surface area contributed by atoms with Crippen LogP contribution >= 0.6 is 0 Å². The molecular formula is C66H96O21Si3. The van der Waals surface area contributed by atoms with Crippen LogP contribution in [-0.4, -0.2) is 118 Å². The first kappa shape index (κ1) is 75.9. The predicted molar refractivity (Wildman–Crippen MR) is 338 cm³/mol. The molecule has 3 aromatic rings. The number of hydrogen-bond acceptors (Lipinski definition) is 21. The molecule has 3 saturated carbocycles. The quantitative estimate of drug-likeness (QED) is 0.0483. The monoisotopic (exact) mass is 1310 g/mol. The van der Waals surface area contributed by atoms with Crippen LogP contribution in [0, 0.1) is 6.92 Å². The number of rotatable bonds is 28. The van der Waals surface area contributed by atoms with E-state index in [9.17, 15) is 43.2 Å². The third-order valence-electron chi connectivity index (χ3n) is 15.3. The number of carbonyl (C=O) groups is 9. The second-order valence-corrected chi connectivity index (χ2v) is 30.6. The van der Waals surface area contributed by atoms with Crippen LogP contribution in [0.15, 0.2) is 78.9 Å². The van der Waals surface area contributed by atoms with Crippen LogP contribution < -0.4 is 0 Å². The Morgan fingerprint density at radius 3 is 0.800 bits per heavy atom. The topological polar surface area (TPSA) is 264 Å². The van der Waals surface area contributed by atoms with Gasteiger partial charge in [0.05, 0.1) is 36.4 Å². The molecule has 0 spiro atoms. The summed E-state index contributed by atoms with van der Waals surface area (Å²) >= 11 is 0. The summed E-state index contributed by atoms with van der Waals surface area (Å²) in [6.45, 7) is 16.2. The van der Waals surface area contributed by atoms with Crippen LogP contribution in [0.3, 0.4) is 0 Å². The minimum absolute atomic E-state index is 0.143. The first-order valence-electron chi connectivity index (χ1n) is 31.5. The van der Waals surface area contributed by atoms with Crippen LogP contribution in [0.5, 0.6) is 0 Å². The summed E-state index contributed by atoms with van der Waals surface area (Å²) in [5, 5.41) is 0. The number of aryl methyl sites for hydroxylation is 2. The third-order valence-corrected chi connectivity index (χ3v) is 23.6. The summed E-state index contributed by atoms with van der Waals surface area (Å²) in [7, 11) is -11.3. The molecule has 0 bridgehead atoms. The van der Waals surface area contributed by atoms with Gasteiger partial charge >= 0.3 is 26.4 Å². The molecule has 0 heterocycles. The van der Waals surface area contributed by atoms with E-state index in [1.54, 1.807) is 0 Å². The summed E-state index contributed by atoms with van der Waals surface area (Å²) < 4.78 is 64.6. The number of ether oxygens (including phenoxy) is 3. The highest BCUT2D eigenvalue weighted by Crippen LogP contribution is 2.37. The normalized spacial score (nSPS) is 19.1. The molecule has 0 aliphatic heterocycles. The van der Waals surface area contributed by atoms with E-state index >= 15 is 0 Å². The van der Waals surface area contributed by atoms with Crippen molar-refractivity contribution in [2.45, 2.75) is 233 Å². The van der Waals surface area contributed by atoms with Gasteiger partial charge in [0.25, 0.3) is 53.7 Å². The Morgan fingerprint density at radius 2 is 0.567 bits per heavy atom. The molecule has 0 unspecified atom stereocenters. The maximum atomic E-state index is 11.5. The van der Waals surface area contributed by atoms with Crippen molar-refractivity contribution in [3.63, 3.8) is 0 Å². The summed E-state index contributed by atoms with van der Waals surface area (Å²) in [5.41, 5.74) is 6.80. The number of benzene rings is 3. The summed E-state index contributed by atoms with van der Waals surface area (Å²) in [6, 6.07) is 28.6. The van der Waals surface area contributed by atoms with Crippen molar-refractivity contribution in [1.82, 2.24) is 0 Å². The van der Waals surface area contributed by atoms with Crippen LogP contribution in [0.4, 0.5) is 0 Å². The van der Waals surface area contributed by atoms with Crippen molar-refractivity contribution in [3.8, 4) is 0 Å². The lowest BCUT2D eigenvalue weighted by Crippen LogP contribution is -2.49. The van der Waals surface area contributed by atoms with Gasteiger partial charge in [0.1, 0.15) is 0 Å². The van der Waals surface area contributed by atoms with Crippen molar-refractivity contribution in [2.75, 3.05) is 19.8 Å². The fraction of sp³-hybridized carbons (Fsp3) is 0.591. The van der Waals surface area contributed by atoms with Gasteiger partial charge in [-0.1, -0.05) is 91.3 Å². The fourth-order valence-corrected chi connectivity index (χ4v) is 18.5. The fourth-order valence-electron chi connectivity index (χ4n) is 11.5. The minimum atomic E-state index is -3.76. The average molecular weight is 1310 g/mol. The zero-order valence-corrected chi connectivity index (χ0v) is 57.6. The van der Waals surface area contributed by atoms with Crippen molar-refractivity contribution < 1.29 is 97.2 Å². The molecule has 90 heavy (non-hydrogen) atoms. The van der Waals surface area contributed by atoms with Crippen LogP contribution in [0.2, 0.25) is 18.1 Å². The van der Waals surface area contributed by atoms with E-state index in [2.05, 4.69) is 86.6 Å². The summed E-state index contributed by atoms with van der Waals surface area (Å²) in [6.07, 6.45) is 15.4. The molecule has 0 atom stereocenters. The Bertz CT molecular complexity index is 2610. The molecule has 6 rings (SSSR count). The van der Waals surface area contributed by atoms with Gasteiger partial charge in [-0.15, -0.1) is 0 Å². The van der Waals surface area contributed by atoms with E-state index in [0.29, 0.717) is 56.8 Å². The first-order valence-corrected chi connectivity index (χ1v) is 37.3. The number of carbonyl (C=O) groups excluding carboxylic acids is 9. The van der Waals surface area contributed by atoms with Gasteiger partial charge in [0.15, 0.2) is 0 Å². The van der Waals surface area contributed by atoms with Gasteiger partial charge in [-0.05, 0) is 150 Å². The average Bonchev–Trinajstić information content (AvgIpc) is 2.64. The van der Waals surface area contributed by atoms with E-state index in [0.717, 1.165) is 83.5 Å². The maximum absolute atomic E-state index is 11.5. The van der Waals surface area contributed by atoms with Gasteiger partial charge < -0.3 is 54.0 Å². The van der Waals surface area contributed by atoms with Crippen LogP contribution in [0.25, 0.3) is 0 Å². The molecule has 0 radical (unpaired) electrons. The molecule has 3 aliphatic carbocycles. The lowest BCUT2D eigenvalue weighted by Gasteiger charge is -2.29. The Balaban J connectivity index is 0.000000288. The number of hydrogen-bond donors (Lipinski definition) is 0. The van der Waals surface area contributed by atoms with Crippen LogP contribution in [0.1, 0.15) is 211 Å². The second-order valence-electron chi connectivity index (χ2n) is 23.2. The molecule has 3 aliphatic rings. The van der Waals surface area contributed by atoms with Crippen LogP contribution in [-0.2, 0) is 104 Å². The molecular weight excluding hydrogens is 1210 g/mol. The molecule has 0 aromatic heterocycles. The van der Waals surface area contributed by atoms with Crippen molar-refractivity contribution in [1.29, 1.82) is 0 Å². The lowest BCUT2D eigenvalue weighted by molar-refractivity contribution is -0.151. The Labute approximate surface area is 534 Å². The maximum Gasteiger partial charge on any atom is 0.705 e. The van der Waals surface area contributed by atoms with Crippen molar-refractivity contribution >= 4 is 80.1 Å². The van der Waals surface area contributed by atoms with Gasteiger partial charge in [0, 0.05) is 82.1 Å². The Morgan fingerprint density at radius 1 is 0.333 bits per heavy atom. The third kappa shape index (κ3) is 29.1. The zero-order chi connectivity index (χ0) is 66.3.